The molecule has 6 fully saturated rings. The third-order valence-corrected chi connectivity index (χ3v) is 19.0. The molecule has 4 amide bonds. The van der Waals surface area contributed by atoms with Gasteiger partial charge in [-0.25, -0.2) is 37.1 Å². The number of imidazole rings is 2. The summed E-state index contributed by atoms with van der Waals surface area (Å²) in [6.45, 7) is 8.29. The standard InChI is InChI=1S/C59H74F4N10O6/c1-59(2,3)34-20-24-70(25-21-34)52-40(62)26-35(27-41(52)63)73-46(36-28-42-44(30-38(36)60)66-53(64-42)48-16-10-22-71(48)55(74)50(68(4)57(76)77)32-12-6-7-13-32)18-19-47(73)37-29-43-45(31-39(37)61)67-54(65-43)49-17-11-23-72(49)56(75)51(69(5)58(78)79)33-14-8-9-15-33/h26-34,46-51H,6-25H2,1-5H3,(H,64,66)(H,65,67)(H,76,77)(H,78,79)/t46-,47-,48+,49+,50+,51+/m1/s1. The maximum atomic E-state index is 17.0. The molecule has 2 aliphatic carbocycles. The van der Waals surface area contributed by atoms with E-state index in [2.05, 4.69) is 30.7 Å². The summed E-state index contributed by atoms with van der Waals surface area (Å²) < 4.78 is 67.8. The van der Waals surface area contributed by atoms with E-state index in [0.29, 0.717) is 91.5 Å². The summed E-state index contributed by atoms with van der Waals surface area (Å²) >= 11 is 0. The highest BCUT2D eigenvalue weighted by molar-refractivity contribution is 5.87. The Kier molecular flexibility index (Phi) is 14.8. The summed E-state index contributed by atoms with van der Waals surface area (Å²) in [6.07, 6.45) is 8.86. The number of hydrogen-bond donors (Lipinski definition) is 4. The van der Waals surface area contributed by atoms with Gasteiger partial charge in [0.2, 0.25) is 11.8 Å². The van der Waals surface area contributed by atoms with Crippen molar-refractivity contribution >= 4 is 57.4 Å². The molecule has 0 spiro atoms. The monoisotopic (exact) mass is 1090 g/mol. The van der Waals surface area contributed by atoms with Crippen molar-refractivity contribution in [2.45, 2.75) is 160 Å². The Labute approximate surface area is 457 Å². The molecule has 2 saturated carbocycles. The van der Waals surface area contributed by atoms with Crippen LogP contribution in [0, 0.1) is 46.4 Å². The van der Waals surface area contributed by atoms with Gasteiger partial charge < -0.3 is 39.8 Å². The number of carbonyl (C=O) groups is 4. The molecule has 5 aromatic rings. The van der Waals surface area contributed by atoms with Crippen molar-refractivity contribution in [3.05, 3.63) is 82.4 Å². The van der Waals surface area contributed by atoms with Gasteiger partial charge in [0.15, 0.2) is 11.6 Å². The molecule has 11 rings (SSSR count). The number of nitrogens with zero attached hydrogens (tertiary/aromatic N) is 8. The zero-order valence-corrected chi connectivity index (χ0v) is 45.9. The van der Waals surface area contributed by atoms with Gasteiger partial charge in [0.1, 0.15) is 41.1 Å². The first-order valence-electron chi connectivity index (χ1n) is 28.7. The Morgan fingerprint density at radius 3 is 1.37 bits per heavy atom. The minimum atomic E-state index is -1.18. The second kappa shape index (κ2) is 21.5. The van der Waals surface area contributed by atoms with Crippen molar-refractivity contribution in [3.8, 4) is 0 Å². The number of aromatic amines is 2. The Bertz CT molecular complexity index is 2960. The topological polar surface area (TPSA) is 186 Å². The number of rotatable bonds is 12. The lowest BCUT2D eigenvalue weighted by Crippen LogP contribution is -2.52. The van der Waals surface area contributed by atoms with E-state index < -0.39 is 71.7 Å². The van der Waals surface area contributed by atoms with Crippen LogP contribution in [-0.4, -0.2) is 126 Å². The molecule has 0 radical (unpaired) electrons. The van der Waals surface area contributed by atoms with Gasteiger partial charge in [-0.1, -0.05) is 46.5 Å². The molecule has 20 heteroatoms. The van der Waals surface area contributed by atoms with Gasteiger partial charge in [0, 0.05) is 69.2 Å². The zero-order valence-electron chi connectivity index (χ0n) is 45.9. The molecule has 6 heterocycles. The Hall–Kier alpha value is -6.60. The number of benzene rings is 3. The summed E-state index contributed by atoms with van der Waals surface area (Å²) in [4.78, 5) is 78.7. The van der Waals surface area contributed by atoms with Crippen LogP contribution >= 0.6 is 0 Å². The molecular formula is C59H74F4N10O6. The minimum Gasteiger partial charge on any atom is -0.465 e. The second-order valence-corrected chi connectivity index (χ2v) is 24.6. The SMILES string of the molecule is CN(C(=O)O)[C@H](C(=O)N1CCC[C@H]1c1nc2cc(F)c([C@H]3CC[C@H](c4cc5[nH]c([C@@H]6CCCN6C(=O)[C@H](C6CCCC6)N(C)C(=O)O)nc5cc4F)N3c3cc(F)c(N4CCC(C(C)(C)C)CC4)c(F)c3)cc2[nH]1)C1CCCC1. The van der Waals surface area contributed by atoms with E-state index >= 15 is 17.6 Å². The highest BCUT2D eigenvalue weighted by Crippen LogP contribution is 2.51. The number of hydrogen-bond acceptors (Lipinski definition) is 8. The molecule has 4 saturated heterocycles. The number of aromatic nitrogens is 4. The van der Waals surface area contributed by atoms with Crippen molar-refractivity contribution in [1.82, 2.24) is 39.5 Å². The first-order valence-corrected chi connectivity index (χ1v) is 28.7. The van der Waals surface area contributed by atoms with Crippen LogP contribution in [0.4, 0.5) is 38.5 Å². The lowest BCUT2D eigenvalue weighted by molar-refractivity contribution is -0.139. The Morgan fingerprint density at radius 2 is 0.975 bits per heavy atom. The highest BCUT2D eigenvalue weighted by atomic mass is 19.1. The second-order valence-electron chi connectivity index (χ2n) is 24.6. The van der Waals surface area contributed by atoms with Crippen molar-refractivity contribution in [2.75, 3.05) is 50.1 Å². The number of amides is 4. The van der Waals surface area contributed by atoms with Crippen LogP contribution in [0.15, 0.2) is 36.4 Å². The number of piperidine rings is 1. The highest BCUT2D eigenvalue weighted by Gasteiger charge is 2.46. The van der Waals surface area contributed by atoms with Gasteiger partial charge in [-0.3, -0.25) is 19.4 Å². The van der Waals surface area contributed by atoms with Crippen molar-refractivity contribution < 1.29 is 47.0 Å². The van der Waals surface area contributed by atoms with Crippen LogP contribution in [0.5, 0.6) is 0 Å². The number of nitrogens with one attached hydrogen (secondary N) is 2. The van der Waals surface area contributed by atoms with Crippen LogP contribution in [0.3, 0.4) is 0 Å². The fourth-order valence-electron chi connectivity index (χ4n) is 14.8. The fourth-order valence-corrected chi connectivity index (χ4v) is 14.8. The van der Waals surface area contributed by atoms with Crippen molar-refractivity contribution in [1.29, 1.82) is 0 Å². The van der Waals surface area contributed by atoms with E-state index in [0.717, 1.165) is 74.0 Å². The largest absolute Gasteiger partial charge is 0.465 e. The zero-order chi connectivity index (χ0) is 55.8. The molecule has 0 bridgehead atoms. The van der Waals surface area contributed by atoms with Crippen LogP contribution in [-0.2, 0) is 9.59 Å². The molecule has 6 atom stereocenters. The molecular weight excluding hydrogens is 1020 g/mol. The van der Waals surface area contributed by atoms with Crippen LogP contribution in [0.2, 0.25) is 0 Å². The number of carboxylic acid groups (broad SMARTS) is 2. The third-order valence-electron chi connectivity index (χ3n) is 19.0. The van der Waals surface area contributed by atoms with Gasteiger partial charge in [-0.2, -0.15) is 0 Å². The number of likely N-dealkylation sites (N-methyl/N-ethyl adjacent to an activating group) is 2. The number of anilines is 2. The fraction of sp³-hybridized carbons (Fsp3) is 0.593. The summed E-state index contributed by atoms with van der Waals surface area (Å²) in [5.41, 5.74) is 1.96. The molecule has 6 aliphatic rings. The number of H-pyrrole nitrogens is 2. The average molecular weight is 1100 g/mol. The van der Waals surface area contributed by atoms with Crippen LogP contribution < -0.4 is 9.80 Å². The number of halogens is 4. The van der Waals surface area contributed by atoms with E-state index in [9.17, 15) is 29.4 Å². The van der Waals surface area contributed by atoms with E-state index in [1.54, 1.807) is 31.7 Å². The minimum absolute atomic E-state index is 0.0440. The molecule has 79 heavy (non-hydrogen) atoms. The summed E-state index contributed by atoms with van der Waals surface area (Å²) in [5, 5.41) is 20.0. The number of fused-ring (bicyclic) bond motifs is 2. The predicted molar refractivity (Wildman–Crippen MR) is 290 cm³/mol. The van der Waals surface area contributed by atoms with Crippen LogP contribution in [0.1, 0.15) is 170 Å². The summed E-state index contributed by atoms with van der Waals surface area (Å²) in [6, 6.07) is 4.04. The molecule has 4 N–H and O–H groups in total. The Morgan fingerprint density at radius 1 is 0.557 bits per heavy atom. The molecule has 4 aliphatic heterocycles. The van der Waals surface area contributed by atoms with E-state index in [4.69, 9.17) is 9.97 Å². The van der Waals surface area contributed by atoms with Crippen molar-refractivity contribution in [3.63, 3.8) is 0 Å². The van der Waals surface area contributed by atoms with E-state index in [-0.39, 0.29) is 64.4 Å². The molecule has 0 unspecified atom stereocenters. The van der Waals surface area contributed by atoms with Gasteiger partial charge >= 0.3 is 12.2 Å². The van der Waals surface area contributed by atoms with E-state index in [1.165, 1.54) is 38.4 Å². The molecule has 16 nitrogen and oxygen atoms in total. The normalized spacial score (nSPS) is 23.5. The smallest absolute Gasteiger partial charge is 0.407 e. The lowest BCUT2D eigenvalue weighted by Gasteiger charge is -2.40. The van der Waals surface area contributed by atoms with Gasteiger partial charge in [0.25, 0.3) is 0 Å². The first-order chi connectivity index (χ1) is 37.8. The first kappa shape index (κ1) is 54.4. The molecule has 3 aromatic carbocycles. The lowest BCUT2D eigenvalue weighted by atomic mass is 9.75. The van der Waals surface area contributed by atoms with Gasteiger partial charge in [-0.15, -0.1) is 0 Å². The average Bonchev–Trinajstić information content (AvgIpc) is 4.45. The maximum Gasteiger partial charge on any atom is 0.407 e. The van der Waals surface area contributed by atoms with Gasteiger partial charge in [0.05, 0.1) is 46.2 Å². The third kappa shape index (κ3) is 10.1. The molecule has 424 valence electrons. The number of carbonyl (C=O) groups excluding carboxylic acids is 2. The van der Waals surface area contributed by atoms with Crippen molar-refractivity contribution in [2.24, 2.45) is 23.2 Å². The van der Waals surface area contributed by atoms with E-state index in [1.807, 2.05) is 0 Å². The summed E-state index contributed by atoms with van der Waals surface area (Å²) in [7, 11) is 2.89. The maximum absolute atomic E-state index is 17.0. The quantitative estimate of drug-likeness (QED) is 0.0876. The predicted octanol–water partition coefficient (Wildman–Crippen LogP) is 12.0. The molecule has 2 aromatic heterocycles. The van der Waals surface area contributed by atoms with Crippen LogP contribution in [0.25, 0.3) is 22.1 Å². The summed E-state index contributed by atoms with van der Waals surface area (Å²) in [5.74, 6) is -2.32. The van der Waals surface area contributed by atoms with Gasteiger partial charge in [-0.05, 0) is 124 Å². The Balaban J connectivity index is 0.936. The number of likely N-dealkylation sites (tertiary alicyclic amines) is 2.